The molecule has 0 bridgehead atoms. The minimum Gasteiger partial charge on any atom is -0.481 e. The van der Waals surface area contributed by atoms with Crippen LogP contribution in [0.4, 0.5) is 0 Å². The zero-order valence-electron chi connectivity index (χ0n) is 26.3. The molecular formula is C34H52O6. The van der Waals surface area contributed by atoms with Gasteiger partial charge in [0.05, 0.1) is 5.41 Å². The number of rotatable bonds is 3. The standard InChI is InChI=1S/C34H52O6/c1-20(35)39-26-18-27(40-21(2)36)34(9)24(29(26,3)4)12-13-33(8)25(34)11-10-22-23-19-31(6,28(37)38)15-14-30(23,5)16-17-32(22,33)7/h10,23-27H,11-19H2,1-9H3,(H,37,38)/t23-,24-,25-,26-,27-,30+,31+,32+,33+,34-/m0/s1. The normalized spacial score (nSPS) is 49.2. The Hall–Kier alpha value is -1.85. The molecule has 5 aliphatic carbocycles. The van der Waals surface area contributed by atoms with Crippen molar-refractivity contribution in [1.29, 1.82) is 0 Å². The van der Waals surface area contributed by atoms with Gasteiger partial charge in [0.25, 0.3) is 0 Å². The molecule has 0 radical (unpaired) electrons. The Kier molecular flexibility index (Phi) is 6.72. The van der Waals surface area contributed by atoms with Crippen LogP contribution in [0, 0.1) is 50.2 Å². The molecule has 0 saturated heterocycles. The van der Waals surface area contributed by atoms with E-state index in [4.69, 9.17) is 9.47 Å². The van der Waals surface area contributed by atoms with Crippen LogP contribution in [0.2, 0.25) is 0 Å². The zero-order chi connectivity index (χ0) is 29.7. The summed E-state index contributed by atoms with van der Waals surface area (Å²) in [7, 11) is 0. The summed E-state index contributed by atoms with van der Waals surface area (Å²) < 4.78 is 12.1. The molecule has 1 N–H and O–H groups in total. The number of esters is 2. The van der Waals surface area contributed by atoms with Crippen molar-refractivity contribution in [2.24, 2.45) is 50.2 Å². The van der Waals surface area contributed by atoms with E-state index in [1.807, 2.05) is 6.92 Å². The maximum Gasteiger partial charge on any atom is 0.309 e. The Bertz CT molecular complexity index is 1140. The molecule has 0 heterocycles. The van der Waals surface area contributed by atoms with Gasteiger partial charge in [-0.1, -0.05) is 53.2 Å². The molecule has 6 nitrogen and oxygen atoms in total. The number of ether oxygens (including phenoxy) is 2. The number of carbonyl (C=O) groups excluding carboxylic acids is 2. The fourth-order valence-corrected chi connectivity index (χ4v) is 11.2. The Balaban J connectivity index is 1.60. The highest BCUT2D eigenvalue weighted by atomic mass is 16.6. The van der Waals surface area contributed by atoms with E-state index in [-0.39, 0.29) is 63.1 Å². The van der Waals surface area contributed by atoms with E-state index in [9.17, 15) is 19.5 Å². The largest absolute Gasteiger partial charge is 0.481 e. The highest BCUT2D eigenvalue weighted by molar-refractivity contribution is 5.74. The molecule has 0 aromatic heterocycles. The number of carbonyl (C=O) groups is 3. The first-order valence-electron chi connectivity index (χ1n) is 15.6. The van der Waals surface area contributed by atoms with E-state index in [2.05, 4.69) is 47.6 Å². The minimum atomic E-state index is -0.676. The van der Waals surface area contributed by atoms with Crippen molar-refractivity contribution in [3.8, 4) is 0 Å². The molecule has 4 saturated carbocycles. The van der Waals surface area contributed by atoms with Crippen molar-refractivity contribution < 1.29 is 29.0 Å². The quantitative estimate of drug-likeness (QED) is 0.289. The Labute approximate surface area is 241 Å². The van der Waals surface area contributed by atoms with Gasteiger partial charge in [-0.05, 0) is 92.3 Å². The van der Waals surface area contributed by atoms with Crippen molar-refractivity contribution >= 4 is 17.9 Å². The first-order chi connectivity index (χ1) is 18.3. The molecule has 0 unspecified atom stereocenters. The van der Waals surface area contributed by atoms with Crippen LogP contribution >= 0.6 is 0 Å². The van der Waals surface area contributed by atoms with Gasteiger partial charge in [-0.15, -0.1) is 0 Å². The van der Waals surface area contributed by atoms with E-state index >= 15 is 0 Å². The number of hydrogen-bond donors (Lipinski definition) is 1. The van der Waals surface area contributed by atoms with Gasteiger partial charge < -0.3 is 14.6 Å². The fraction of sp³-hybridized carbons (Fsp3) is 0.853. The molecule has 0 aromatic carbocycles. The van der Waals surface area contributed by atoms with Gasteiger partial charge in [-0.2, -0.15) is 0 Å². The molecular weight excluding hydrogens is 504 g/mol. The van der Waals surface area contributed by atoms with E-state index < -0.39 is 11.4 Å². The second-order valence-electron chi connectivity index (χ2n) is 16.2. The lowest BCUT2D eigenvalue weighted by atomic mass is 9.33. The van der Waals surface area contributed by atoms with Crippen molar-refractivity contribution in [1.82, 2.24) is 0 Å². The lowest BCUT2D eigenvalue weighted by molar-refractivity contribution is -0.253. The van der Waals surface area contributed by atoms with Crippen LogP contribution in [0.5, 0.6) is 0 Å². The van der Waals surface area contributed by atoms with E-state index in [0.29, 0.717) is 18.8 Å². The van der Waals surface area contributed by atoms with Crippen LogP contribution in [0.3, 0.4) is 0 Å². The SMILES string of the molecule is CC(=O)O[C@H]1C[C@H](OC(C)=O)[C@]2(C)[C@H]3CC=C4[C@@H]5C[C@](C)(C(=O)O)CC[C@]5(C)CC[C@@]4(C)[C@]3(C)CC[C@H]2C1(C)C. The van der Waals surface area contributed by atoms with Crippen molar-refractivity contribution in [2.75, 3.05) is 0 Å². The maximum atomic E-state index is 12.5. The van der Waals surface area contributed by atoms with Gasteiger partial charge in [0.1, 0.15) is 12.2 Å². The summed E-state index contributed by atoms with van der Waals surface area (Å²) in [5.41, 5.74) is 0.407. The number of carboxylic acid groups (broad SMARTS) is 1. The first kappa shape index (κ1) is 29.6. The first-order valence-corrected chi connectivity index (χ1v) is 15.6. The number of fused-ring (bicyclic) bond motifs is 7. The molecule has 5 rings (SSSR count). The summed E-state index contributed by atoms with van der Waals surface area (Å²) in [4.78, 5) is 36.9. The minimum absolute atomic E-state index is 0.0104. The van der Waals surface area contributed by atoms with Crippen molar-refractivity contribution in [3.63, 3.8) is 0 Å². The molecule has 224 valence electrons. The highest BCUT2D eigenvalue weighted by Crippen LogP contribution is 2.76. The topological polar surface area (TPSA) is 89.9 Å². The zero-order valence-corrected chi connectivity index (χ0v) is 26.3. The Morgan fingerprint density at radius 1 is 0.825 bits per heavy atom. The molecule has 6 heteroatoms. The Morgan fingerprint density at radius 2 is 1.43 bits per heavy atom. The highest BCUT2D eigenvalue weighted by Gasteiger charge is 2.71. The number of hydrogen-bond acceptors (Lipinski definition) is 5. The molecule has 0 aliphatic heterocycles. The summed E-state index contributed by atoms with van der Waals surface area (Å²) in [5.74, 6) is -0.407. The van der Waals surface area contributed by atoms with Crippen LogP contribution in [-0.2, 0) is 23.9 Å². The molecule has 0 spiro atoms. The maximum absolute atomic E-state index is 12.5. The molecule has 10 atom stereocenters. The van der Waals surface area contributed by atoms with Gasteiger partial charge in [-0.3, -0.25) is 14.4 Å². The Morgan fingerprint density at radius 3 is 2.02 bits per heavy atom. The monoisotopic (exact) mass is 556 g/mol. The average Bonchev–Trinajstić information content (AvgIpc) is 2.83. The number of allylic oxidation sites excluding steroid dienone is 2. The third-order valence-electron chi connectivity index (χ3n) is 14.0. The lowest BCUT2D eigenvalue weighted by Gasteiger charge is -2.72. The van der Waals surface area contributed by atoms with Gasteiger partial charge in [0.15, 0.2) is 0 Å². The predicted molar refractivity (Wildman–Crippen MR) is 153 cm³/mol. The summed E-state index contributed by atoms with van der Waals surface area (Å²) in [6.07, 6.45) is 10.0. The van der Waals surface area contributed by atoms with Gasteiger partial charge >= 0.3 is 17.9 Å². The van der Waals surface area contributed by atoms with Crippen LogP contribution in [-0.4, -0.2) is 35.2 Å². The fourth-order valence-electron chi connectivity index (χ4n) is 11.2. The van der Waals surface area contributed by atoms with Gasteiger partial charge in [0.2, 0.25) is 0 Å². The third kappa shape index (κ3) is 3.89. The summed E-state index contributed by atoms with van der Waals surface area (Å²) in [6, 6.07) is 0. The van der Waals surface area contributed by atoms with Crippen LogP contribution in [0.1, 0.15) is 120 Å². The van der Waals surface area contributed by atoms with E-state index in [1.165, 1.54) is 19.4 Å². The third-order valence-corrected chi connectivity index (χ3v) is 14.0. The van der Waals surface area contributed by atoms with Gasteiger partial charge in [0, 0.05) is 31.1 Å². The second kappa shape index (κ2) is 9.07. The van der Waals surface area contributed by atoms with Crippen molar-refractivity contribution in [2.45, 2.75) is 132 Å². The summed E-state index contributed by atoms with van der Waals surface area (Å²) >= 11 is 0. The molecule has 0 aromatic rings. The van der Waals surface area contributed by atoms with E-state index in [1.54, 1.807) is 0 Å². The molecule has 40 heavy (non-hydrogen) atoms. The van der Waals surface area contributed by atoms with Crippen LogP contribution in [0.15, 0.2) is 11.6 Å². The number of aliphatic carboxylic acids is 1. The van der Waals surface area contributed by atoms with Crippen LogP contribution < -0.4 is 0 Å². The summed E-state index contributed by atoms with van der Waals surface area (Å²) in [5, 5.41) is 10.2. The smallest absolute Gasteiger partial charge is 0.309 e. The molecule has 5 aliphatic rings. The number of carboxylic acids is 1. The predicted octanol–water partition coefficient (Wildman–Crippen LogP) is 7.35. The molecule has 4 fully saturated rings. The average molecular weight is 557 g/mol. The van der Waals surface area contributed by atoms with Gasteiger partial charge in [-0.25, -0.2) is 0 Å². The van der Waals surface area contributed by atoms with E-state index in [0.717, 1.165) is 44.9 Å². The van der Waals surface area contributed by atoms with Crippen molar-refractivity contribution in [3.05, 3.63) is 11.6 Å². The summed E-state index contributed by atoms with van der Waals surface area (Å²) in [6.45, 7) is 19.1. The van der Waals surface area contributed by atoms with Crippen LogP contribution in [0.25, 0.3) is 0 Å². The second-order valence-corrected chi connectivity index (χ2v) is 16.2. The molecule has 0 amide bonds. The lowest BCUT2D eigenvalue weighted by Crippen LogP contribution is -2.68.